The summed E-state index contributed by atoms with van der Waals surface area (Å²) < 4.78 is 18.9. The van der Waals surface area contributed by atoms with E-state index >= 15 is 0 Å². The van der Waals surface area contributed by atoms with Crippen LogP contribution in [0.2, 0.25) is 0 Å². The van der Waals surface area contributed by atoms with Crippen LogP contribution in [-0.2, 0) is 4.57 Å². The molecule has 1 rings (SSSR count). The Bertz CT molecular complexity index is 361. The molecule has 0 bridgehead atoms. The molecule has 0 aromatic heterocycles. The minimum atomic E-state index is -2.62. The van der Waals surface area contributed by atoms with Crippen LogP contribution < -0.4 is 4.52 Å². The van der Waals surface area contributed by atoms with Crippen molar-refractivity contribution in [1.82, 2.24) is 0 Å². The van der Waals surface area contributed by atoms with E-state index in [2.05, 4.69) is 13.8 Å². The van der Waals surface area contributed by atoms with E-state index in [4.69, 9.17) is 4.52 Å². The van der Waals surface area contributed by atoms with Crippen molar-refractivity contribution in [2.24, 2.45) is 0 Å². The second-order valence-corrected chi connectivity index (χ2v) is 7.80. The number of hydrogen-bond donors (Lipinski definition) is 0. The molecule has 17 heavy (non-hydrogen) atoms. The van der Waals surface area contributed by atoms with Gasteiger partial charge >= 0.3 is 0 Å². The molecule has 0 N–H and O–H groups in total. The Morgan fingerprint density at radius 2 is 1.53 bits per heavy atom. The zero-order valence-corrected chi connectivity index (χ0v) is 12.1. The SMILES string of the molecule is CCC(C)P(=O)(Oc1ccccc1)C(C)CC. The summed E-state index contributed by atoms with van der Waals surface area (Å²) >= 11 is 0. The summed E-state index contributed by atoms with van der Waals surface area (Å²) in [7, 11) is -2.62. The lowest BCUT2D eigenvalue weighted by molar-refractivity contribution is 0.453. The average molecular weight is 254 g/mol. The van der Waals surface area contributed by atoms with Gasteiger partial charge in [0.25, 0.3) is 7.37 Å². The summed E-state index contributed by atoms with van der Waals surface area (Å²) in [5.74, 6) is 0.719. The molecule has 96 valence electrons. The highest BCUT2D eigenvalue weighted by Gasteiger charge is 2.36. The summed E-state index contributed by atoms with van der Waals surface area (Å²) in [6.45, 7) is 8.17. The van der Waals surface area contributed by atoms with Crippen molar-refractivity contribution in [2.45, 2.75) is 51.9 Å². The lowest BCUT2D eigenvalue weighted by Crippen LogP contribution is -2.17. The minimum Gasteiger partial charge on any atom is -0.442 e. The normalized spacial score (nSPS) is 18.1. The molecule has 0 saturated heterocycles. The molecule has 2 atom stereocenters. The van der Waals surface area contributed by atoms with Crippen molar-refractivity contribution in [3.05, 3.63) is 30.3 Å². The van der Waals surface area contributed by atoms with E-state index in [9.17, 15) is 4.57 Å². The fraction of sp³-hybridized carbons (Fsp3) is 0.571. The maximum atomic E-state index is 13.0. The Kier molecular flexibility index (Phi) is 5.27. The van der Waals surface area contributed by atoms with Crippen LogP contribution in [0.1, 0.15) is 40.5 Å². The Labute approximate surface area is 105 Å². The van der Waals surface area contributed by atoms with E-state index in [0.29, 0.717) is 0 Å². The van der Waals surface area contributed by atoms with Gasteiger partial charge < -0.3 is 4.52 Å². The van der Waals surface area contributed by atoms with Gasteiger partial charge in [-0.15, -0.1) is 0 Å². The molecule has 0 heterocycles. The van der Waals surface area contributed by atoms with Crippen LogP contribution in [0.25, 0.3) is 0 Å². The van der Waals surface area contributed by atoms with Crippen LogP contribution in [0.5, 0.6) is 5.75 Å². The van der Waals surface area contributed by atoms with Crippen molar-refractivity contribution in [1.29, 1.82) is 0 Å². The van der Waals surface area contributed by atoms with Gasteiger partial charge in [-0.3, -0.25) is 4.57 Å². The average Bonchev–Trinajstić information content (AvgIpc) is 2.37. The van der Waals surface area contributed by atoms with E-state index in [1.165, 1.54) is 0 Å². The van der Waals surface area contributed by atoms with Gasteiger partial charge in [0.05, 0.1) is 0 Å². The molecule has 0 spiro atoms. The van der Waals surface area contributed by atoms with Gasteiger partial charge in [-0.1, -0.05) is 45.9 Å². The third-order valence-electron chi connectivity index (χ3n) is 3.40. The summed E-state index contributed by atoms with van der Waals surface area (Å²) in [6, 6.07) is 9.50. The first-order valence-corrected chi connectivity index (χ1v) is 8.14. The Morgan fingerprint density at radius 3 is 1.94 bits per heavy atom. The monoisotopic (exact) mass is 254 g/mol. The lowest BCUT2D eigenvalue weighted by Gasteiger charge is -2.29. The van der Waals surface area contributed by atoms with Crippen molar-refractivity contribution in [3.8, 4) is 5.75 Å². The zero-order valence-electron chi connectivity index (χ0n) is 11.2. The minimum absolute atomic E-state index is 0.109. The third-order valence-corrected chi connectivity index (χ3v) is 7.09. The highest BCUT2D eigenvalue weighted by Crippen LogP contribution is 2.57. The lowest BCUT2D eigenvalue weighted by atomic mass is 10.3. The molecular weight excluding hydrogens is 231 g/mol. The molecule has 0 aliphatic rings. The largest absolute Gasteiger partial charge is 0.442 e. The van der Waals surface area contributed by atoms with E-state index in [1.807, 2.05) is 44.2 Å². The molecule has 0 aliphatic carbocycles. The molecular formula is C14H23O2P. The third kappa shape index (κ3) is 3.35. The van der Waals surface area contributed by atoms with Crippen molar-refractivity contribution in [3.63, 3.8) is 0 Å². The van der Waals surface area contributed by atoms with E-state index < -0.39 is 7.37 Å². The van der Waals surface area contributed by atoms with Gasteiger partial charge in [0.2, 0.25) is 0 Å². The predicted molar refractivity (Wildman–Crippen MR) is 74.2 cm³/mol. The van der Waals surface area contributed by atoms with Gasteiger partial charge in [0.1, 0.15) is 5.75 Å². The molecule has 3 heteroatoms. The molecule has 0 aliphatic heterocycles. The summed E-state index contributed by atoms with van der Waals surface area (Å²) in [5.41, 5.74) is 0.218. The second kappa shape index (κ2) is 6.26. The molecule has 2 nitrogen and oxygen atoms in total. The Hall–Kier alpha value is -0.750. The quantitative estimate of drug-likeness (QED) is 0.672. The van der Waals surface area contributed by atoms with Gasteiger partial charge in [-0.05, 0) is 25.0 Å². The van der Waals surface area contributed by atoms with E-state index in [-0.39, 0.29) is 11.3 Å². The van der Waals surface area contributed by atoms with Crippen LogP contribution in [0.4, 0.5) is 0 Å². The van der Waals surface area contributed by atoms with Gasteiger partial charge in [-0.2, -0.15) is 0 Å². The molecule has 0 fully saturated rings. The summed E-state index contributed by atoms with van der Waals surface area (Å²) in [5, 5.41) is 0. The fourth-order valence-corrected chi connectivity index (χ4v) is 4.47. The maximum absolute atomic E-state index is 13.0. The standard InChI is InChI=1S/C14H23O2P/c1-5-12(3)17(15,13(4)6-2)16-14-10-8-7-9-11-14/h7-13H,5-6H2,1-4H3. The van der Waals surface area contributed by atoms with Crippen molar-refractivity contribution in [2.75, 3.05) is 0 Å². The number of para-hydroxylation sites is 1. The number of benzene rings is 1. The molecule has 0 amide bonds. The molecule has 2 unspecified atom stereocenters. The molecule has 1 aromatic carbocycles. The smallest absolute Gasteiger partial charge is 0.253 e. The summed E-state index contributed by atoms with van der Waals surface area (Å²) in [6.07, 6.45) is 1.77. The second-order valence-electron chi connectivity index (χ2n) is 4.56. The first-order chi connectivity index (χ1) is 8.04. The first-order valence-electron chi connectivity index (χ1n) is 6.38. The van der Waals surface area contributed by atoms with Crippen LogP contribution in [-0.4, -0.2) is 11.3 Å². The zero-order chi connectivity index (χ0) is 12.9. The van der Waals surface area contributed by atoms with Crippen LogP contribution in [0.15, 0.2) is 30.3 Å². The number of hydrogen-bond acceptors (Lipinski definition) is 2. The topological polar surface area (TPSA) is 26.3 Å². The van der Waals surface area contributed by atoms with Gasteiger partial charge in [-0.25, -0.2) is 0 Å². The highest BCUT2D eigenvalue weighted by atomic mass is 31.2. The van der Waals surface area contributed by atoms with Crippen molar-refractivity contribution < 1.29 is 9.09 Å². The van der Waals surface area contributed by atoms with Gasteiger partial charge in [0.15, 0.2) is 0 Å². The van der Waals surface area contributed by atoms with E-state index in [1.54, 1.807) is 0 Å². The fourth-order valence-electron chi connectivity index (χ4n) is 1.77. The Balaban J connectivity index is 2.96. The van der Waals surface area contributed by atoms with Crippen LogP contribution >= 0.6 is 7.37 Å². The van der Waals surface area contributed by atoms with E-state index in [0.717, 1.165) is 18.6 Å². The molecule has 0 radical (unpaired) electrons. The number of rotatable bonds is 6. The van der Waals surface area contributed by atoms with Crippen LogP contribution in [0, 0.1) is 0 Å². The van der Waals surface area contributed by atoms with Crippen LogP contribution in [0.3, 0.4) is 0 Å². The Morgan fingerprint density at radius 1 is 1.06 bits per heavy atom. The summed E-state index contributed by atoms with van der Waals surface area (Å²) in [4.78, 5) is 0. The first kappa shape index (κ1) is 14.3. The molecule has 1 aromatic rings. The van der Waals surface area contributed by atoms with Gasteiger partial charge in [0, 0.05) is 11.3 Å². The predicted octanol–water partition coefficient (Wildman–Crippen LogP) is 4.94. The maximum Gasteiger partial charge on any atom is 0.253 e. The van der Waals surface area contributed by atoms with Crippen molar-refractivity contribution >= 4 is 7.37 Å². The molecule has 0 saturated carbocycles. The highest BCUT2D eigenvalue weighted by molar-refractivity contribution is 7.60.